The third-order valence-electron chi connectivity index (χ3n) is 1.97. The van der Waals surface area contributed by atoms with Gasteiger partial charge in [0, 0.05) is 19.2 Å². The predicted molar refractivity (Wildman–Crippen MR) is 56.1 cm³/mol. The molecular weight excluding hydrogens is 214 g/mol. The van der Waals surface area contributed by atoms with E-state index in [0.717, 1.165) is 0 Å². The average molecular weight is 229 g/mol. The minimum atomic E-state index is -0.531. The number of phenolic OH excluding ortho intramolecular Hbond substituents is 3. The summed E-state index contributed by atoms with van der Waals surface area (Å²) >= 11 is 0. The largest absolute Gasteiger partial charge is 0.504 e. The third-order valence-corrected chi connectivity index (χ3v) is 1.97. The van der Waals surface area contributed by atoms with E-state index in [9.17, 15) is 10.2 Å². The van der Waals surface area contributed by atoms with Gasteiger partial charge in [-0.15, -0.1) is 0 Å². The molecule has 0 atom stereocenters. The van der Waals surface area contributed by atoms with Crippen LogP contribution in [0.5, 0.6) is 17.2 Å². The molecule has 6 heteroatoms. The Morgan fingerprint density at radius 3 is 2.56 bits per heavy atom. The highest BCUT2D eigenvalue weighted by molar-refractivity contribution is 5.52. The normalized spacial score (nSPS) is 10.6. The lowest BCUT2D eigenvalue weighted by Gasteiger charge is -2.08. The van der Waals surface area contributed by atoms with Gasteiger partial charge in [-0.05, 0) is 12.1 Å². The van der Waals surface area contributed by atoms with Crippen molar-refractivity contribution in [2.45, 2.75) is 6.54 Å². The Labute approximate surface area is 93.0 Å². The van der Waals surface area contributed by atoms with Crippen LogP contribution >= 0.6 is 0 Å². The van der Waals surface area contributed by atoms with Gasteiger partial charge in [0.25, 0.3) is 0 Å². The van der Waals surface area contributed by atoms with Gasteiger partial charge in [-0.25, -0.2) is 0 Å². The second-order valence-corrected chi connectivity index (χ2v) is 3.10. The van der Waals surface area contributed by atoms with E-state index in [1.807, 2.05) is 0 Å². The van der Waals surface area contributed by atoms with E-state index < -0.39 is 5.75 Å². The average Bonchev–Trinajstić information content (AvgIpc) is 2.28. The SMILES string of the molecule is COCCONCc1ccc(O)c(O)c1O. The fraction of sp³-hybridized carbons (Fsp3) is 0.400. The molecule has 0 radical (unpaired) electrons. The molecule has 0 aliphatic rings. The van der Waals surface area contributed by atoms with Gasteiger partial charge in [0.15, 0.2) is 11.5 Å². The second kappa shape index (κ2) is 6.16. The van der Waals surface area contributed by atoms with Crippen LogP contribution in [0.2, 0.25) is 0 Å². The summed E-state index contributed by atoms with van der Waals surface area (Å²) in [5.74, 6) is -1.25. The lowest BCUT2D eigenvalue weighted by Crippen LogP contribution is -2.17. The van der Waals surface area contributed by atoms with E-state index in [2.05, 4.69) is 5.48 Å². The minimum Gasteiger partial charge on any atom is -0.504 e. The lowest BCUT2D eigenvalue weighted by atomic mass is 10.2. The monoisotopic (exact) mass is 229 g/mol. The Balaban J connectivity index is 2.45. The maximum absolute atomic E-state index is 9.45. The van der Waals surface area contributed by atoms with Crippen molar-refractivity contribution >= 4 is 0 Å². The number of phenols is 3. The van der Waals surface area contributed by atoms with Crippen LogP contribution < -0.4 is 5.48 Å². The molecular formula is C10H15NO5. The zero-order chi connectivity index (χ0) is 12.0. The van der Waals surface area contributed by atoms with Gasteiger partial charge in [-0.1, -0.05) is 0 Å². The van der Waals surface area contributed by atoms with Gasteiger partial charge in [0.1, 0.15) is 0 Å². The van der Waals surface area contributed by atoms with Crippen LogP contribution in [-0.2, 0) is 16.1 Å². The number of hydrogen-bond donors (Lipinski definition) is 4. The van der Waals surface area contributed by atoms with Gasteiger partial charge in [-0.2, -0.15) is 5.48 Å². The molecule has 0 saturated carbocycles. The van der Waals surface area contributed by atoms with E-state index in [1.165, 1.54) is 12.1 Å². The summed E-state index contributed by atoms with van der Waals surface area (Å²) in [6.45, 7) is 1.05. The Bertz CT molecular complexity index is 342. The van der Waals surface area contributed by atoms with Crippen molar-refractivity contribution in [2.24, 2.45) is 0 Å². The van der Waals surface area contributed by atoms with Crippen molar-refractivity contribution in [3.8, 4) is 17.2 Å². The molecule has 0 bridgehead atoms. The molecule has 0 heterocycles. The van der Waals surface area contributed by atoms with Gasteiger partial charge < -0.3 is 20.1 Å². The molecule has 6 nitrogen and oxygen atoms in total. The summed E-state index contributed by atoms with van der Waals surface area (Å²) in [5, 5.41) is 27.8. The topological polar surface area (TPSA) is 91.2 Å². The highest BCUT2D eigenvalue weighted by Gasteiger charge is 2.10. The third kappa shape index (κ3) is 3.27. The molecule has 0 aliphatic carbocycles. The molecule has 1 aromatic carbocycles. The van der Waals surface area contributed by atoms with E-state index >= 15 is 0 Å². The number of nitrogens with one attached hydrogen (secondary N) is 1. The van der Waals surface area contributed by atoms with Crippen molar-refractivity contribution in [3.05, 3.63) is 17.7 Å². The highest BCUT2D eigenvalue weighted by atomic mass is 16.7. The number of benzene rings is 1. The fourth-order valence-electron chi connectivity index (χ4n) is 1.08. The molecule has 4 N–H and O–H groups in total. The summed E-state index contributed by atoms with van der Waals surface area (Å²) in [4.78, 5) is 4.97. The Morgan fingerprint density at radius 2 is 1.88 bits per heavy atom. The molecule has 0 unspecified atom stereocenters. The van der Waals surface area contributed by atoms with Gasteiger partial charge in [0.05, 0.1) is 13.2 Å². The predicted octanol–water partition coefficient (Wildman–Crippen LogP) is 0.471. The lowest BCUT2D eigenvalue weighted by molar-refractivity contribution is 0.00318. The first-order valence-corrected chi connectivity index (χ1v) is 4.73. The first-order chi connectivity index (χ1) is 7.66. The van der Waals surface area contributed by atoms with Crippen LogP contribution in [0, 0.1) is 0 Å². The summed E-state index contributed by atoms with van der Waals surface area (Å²) in [5.41, 5.74) is 3.02. The minimum absolute atomic E-state index is 0.212. The van der Waals surface area contributed by atoms with Crippen LogP contribution in [-0.4, -0.2) is 35.6 Å². The zero-order valence-corrected chi connectivity index (χ0v) is 8.93. The van der Waals surface area contributed by atoms with Crippen molar-refractivity contribution in [1.82, 2.24) is 5.48 Å². The molecule has 90 valence electrons. The van der Waals surface area contributed by atoms with Crippen LogP contribution in [0.3, 0.4) is 0 Å². The van der Waals surface area contributed by atoms with E-state index in [1.54, 1.807) is 7.11 Å². The highest BCUT2D eigenvalue weighted by Crippen LogP contribution is 2.36. The Morgan fingerprint density at radius 1 is 1.12 bits per heavy atom. The number of methoxy groups -OCH3 is 1. The first kappa shape index (κ1) is 12.6. The van der Waals surface area contributed by atoms with Crippen molar-refractivity contribution in [2.75, 3.05) is 20.3 Å². The van der Waals surface area contributed by atoms with Crippen molar-refractivity contribution in [3.63, 3.8) is 0 Å². The Hall–Kier alpha value is -1.50. The fourth-order valence-corrected chi connectivity index (χ4v) is 1.08. The van der Waals surface area contributed by atoms with E-state index in [4.69, 9.17) is 14.7 Å². The summed E-state index contributed by atoms with van der Waals surface area (Å²) < 4.78 is 4.77. The molecule has 0 fully saturated rings. The van der Waals surface area contributed by atoms with Crippen LogP contribution in [0.4, 0.5) is 0 Å². The van der Waals surface area contributed by atoms with Crippen LogP contribution in [0.25, 0.3) is 0 Å². The second-order valence-electron chi connectivity index (χ2n) is 3.10. The number of hydrogen-bond acceptors (Lipinski definition) is 6. The number of hydroxylamine groups is 1. The summed E-state index contributed by atoms with van der Waals surface area (Å²) in [7, 11) is 1.56. The standard InChI is InChI=1S/C10H15NO5/c1-15-4-5-16-11-6-7-2-3-8(12)10(14)9(7)13/h2-3,11-14H,4-6H2,1H3. The molecule has 16 heavy (non-hydrogen) atoms. The smallest absolute Gasteiger partial charge is 0.200 e. The van der Waals surface area contributed by atoms with Crippen molar-refractivity contribution < 1.29 is 24.9 Å². The van der Waals surface area contributed by atoms with Crippen molar-refractivity contribution in [1.29, 1.82) is 0 Å². The molecule has 1 rings (SSSR count). The molecule has 0 amide bonds. The maximum atomic E-state index is 9.45. The number of aromatic hydroxyl groups is 3. The van der Waals surface area contributed by atoms with Crippen LogP contribution in [0.15, 0.2) is 12.1 Å². The van der Waals surface area contributed by atoms with E-state index in [0.29, 0.717) is 18.8 Å². The van der Waals surface area contributed by atoms with Gasteiger partial charge >= 0.3 is 0 Å². The molecule has 1 aromatic rings. The quantitative estimate of drug-likeness (QED) is 0.322. The summed E-state index contributed by atoms with van der Waals surface area (Å²) in [6, 6.07) is 2.78. The van der Waals surface area contributed by atoms with E-state index in [-0.39, 0.29) is 18.0 Å². The molecule has 0 aromatic heterocycles. The first-order valence-electron chi connectivity index (χ1n) is 4.73. The zero-order valence-electron chi connectivity index (χ0n) is 8.93. The molecule has 0 saturated heterocycles. The molecule has 0 spiro atoms. The Kier molecular flexibility index (Phi) is 4.84. The van der Waals surface area contributed by atoms with Gasteiger partial charge in [-0.3, -0.25) is 4.84 Å². The van der Waals surface area contributed by atoms with Crippen LogP contribution in [0.1, 0.15) is 5.56 Å². The summed E-state index contributed by atoms with van der Waals surface area (Å²) in [6.07, 6.45) is 0. The van der Waals surface area contributed by atoms with Gasteiger partial charge in [0.2, 0.25) is 5.75 Å². The maximum Gasteiger partial charge on any atom is 0.200 e. The number of ether oxygens (including phenoxy) is 1. The molecule has 0 aliphatic heterocycles. The number of rotatable bonds is 6.